The third-order valence-electron chi connectivity index (χ3n) is 5.65. The summed E-state index contributed by atoms with van der Waals surface area (Å²) in [6.07, 6.45) is 1.46. The number of carbonyl (C=O) groups excluding carboxylic acids is 2. The maximum atomic E-state index is 12.9. The van der Waals surface area contributed by atoms with Crippen molar-refractivity contribution < 1.29 is 24.0 Å². The molecule has 0 atom stereocenters. The minimum absolute atomic E-state index is 0.0439. The fourth-order valence-electron chi connectivity index (χ4n) is 3.85. The number of ether oxygens (including phenoxy) is 2. The van der Waals surface area contributed by atoms with E-state index in [1.54, 1.807) is 30.0 Å². The van der Waals surface area contributed by atoms with E-state index in [4.69, 9.17) is 9.47 Å². The Morgan fingerprint density at radius 1 is 1.12 bits per heavy atom. The number of nitrogens with zero attached hydrogens (tertiary/aromatic N) is 2. The van der Waals surface area contributed by atoms with Gasteiger partial charge >= 0.3 is 0 Å². The van der Waals surface area contributed by atoms with E-state index in [-0.39, 0.29) is 36.5 Å². The van der Waals surface area contributed by atoms with E-state index in [0.29, 0.717) is 30.3 Å². The summed E-state index contributed by atoms with van der Waals surface area (Å²) < 4.78 is 10.6. The van der Waals surface area contributed by atoms with Crippen LogP contribution in [0, 0.1) is 10.1 Å². The monoisotopic (exact) mass is 440 g/mol. The van der Waals surface area contributed by atoms with Crippen LogP contribution in [0.25, 0.3) is 0 Å². The molecule has 2 aromatic carbocycles. The van der Waals surface area contributed by atoms with Crippen molar-refractivity contribution in [1.82, 2.24) is 10.2 Å². The summed E-state index contributed by atoms with van der Waals surface area (Å²) in [6, 6.07) is 9.67. The van der Waals surface area contributed by atoms with Crippen molar-refractivity contribution in [2.24, 2.45) is 0 Å². The van der Waals surface area contributed by atoms with E-state index < -0.39 is 10.8 Å². The second-order valence-corrected chi connectivity index (χ2v) is 7.78. The lowest BCUT2D eigenvalue weighted by Gasteiger charge is -2.32. The van der Waals surface area contributed by atoms with E-state index in [2.05, 4.69) is 10.6 Å². The van der Waals surface area contributed by atoms with Crippen LogP contribution in [-0.2, 0) is 11.3 Å². The van der Waals surface area contributed by atoms with E-state index in [1.807, 2.05) is 6.07 Å². The first-order valence-electron chi connectivity index (χ1n) is 10.4. The number of rotatable bonds is 6. The molecule has 10 nitrogen and oxygen atoms in total. The van der Waals surface area contributed by atoms with Gasteiger partial charge < -0.3 is 25.0 Å². The summed E-state index contributed by atoms with van der Waals surface area (Å²) in [7, 11) is 0. The zero-order valence-electron chi connectivity index (χ0n) is 17.6. The van der Waals surface area contributed by atoms with Crippen LogP contribution in [0.3, 0.4) is 0 Å². The van der Waals surface area contributed by atoms with Gasteiger partial charge in [-0.1, -0.05) is 6.07 Å². The molecule has 2 heterocycles. The fraction of sp³-hybridized carbons (Fsp3) is 0.364. The normalized spacial score (nSPS) is 15.3. The first kappa shape index (κ1) is 21.4. The van der Waals surface area contributed by atoms with E-state index >= 15 is 0 Å². The number of amides is 2. The number of nitro groups is 1. The summed E-state index contributed by atoms with van der Waals surface area (Å²) in [4.78, 5) is 37.0. The summed E-state index contributed by atoms with van der Waals surface area (Å²) in [5.74, 6) is 0.893. The highest BCUT2D eigenvalue weighted by Gasteiger charge is 2.23. The Labute approximate surface area is 184 Å². The van der Waals surface area contributed by atoms with Crippen molar-refractivity contribution in [3.8, 4) is 11.5 Å². The average Bonchev–Trinajstić information content (AvgIpc) is 3.26. The third kappa shape index (κ3) is 4.74. The minimum Gasteiger partial charge on any atom is -0.454 e. The number of likely N-dealkylation sites (tertiary alicyclic amines) is 1. The van der Waals surface area contributed by atoms with Crippen LogP contribution in [0.15, 0.2) is 36.4 Å². The molecule has 1 fully saturated rings. The van der Waals surface area contributed by atoms with Gasteiger partial charge in [0.2, 0.25) is 12.7 Å². The number of fused-ring (bicyclic) bond motifs is 1. The van der Waals surface area contributed by atoms with Gasteiger partial charge in [-0.3, -0.25) is 19.7 Å². The van der Waals surface area contributed by atoms with E-state index in [0.717, 1.165) is 18.4 Å². The standard InChI is InChI=1S/C22H24N4O6/c1-14(27)25-8-6-16(7-9-25)24-19-4-3-17(26(29)30)11-18(19)22(28)23-12-15-2-5-20-21(10-15)32-13-31-20/h2-5,10-11,16,24H,6-9,12-13H2,1H3,(H,23,28). The largest absolute Gasteiger partial charge is 0.454 e. The molecule has 10 heteroatoms. The molecule has 2 N–H and O–H groups in total. The molecule has 2 aliphatic rings. The number of hydrogen-bond donors (Lipinski definition) is 2. The summed E-state index contributed by atoms with van der Waals surface area (Å²) in [5.41, 5.74) is 1.39. The van der Waals surface area contributed by atoms with Crippen molar-refractivity contribution in [3.63, 3.8) is 0 Å². The molecule has 2 aromatic rings. The second kappa shape index (κ2) is 9.13. The molecule has 168 valence electrons. The maximum absolute atomic E-state index is 12.9. The molecule has 4 rings (SSSR count). The Morgan fingerprint density at radius 3 is 2.59 bits per heavy atom. The number of carbonyl (C=O) groups is 2. The number of hydrogen-bond acceptors (Lipinski definition) is 7. The minimum atomic E-state index is -0.524. The summed E-state index contributed by atoms with van der Waals surface area (Å²) in [5, 5.41) is 17.4. The van der Waals surface area contributed by atoms with Gasteiger partial charge in [0.15, 0.2) is 11.5 Å². The highest BCUT2D eigenvalue weighted by Crippen LogP contribution is 2.32. The average molecular weight is 440 g/mol. The van der Waals surface area contributed by atoms with Gasteiger partial charge in [-0.15, -0.1) is 0 Å². The lowest BCUT2D eigenvalue weighted by molar-refractivity contribution is -0.384. The Morgan fingerprint density at radius 2 is 1.88 bits per heavy atom. The molecular weight excluding hydrogens is 416 g/mol. The van der Waals surface area contributed by atoms with Gasteiger partial charge in [-0.05, 0) is 36.6 Å². The molecule has 2 aliphatic heterocycles. The predicted molar refractivity (Wildman–Crippen MR) is 116 cm³/mol. The molecule has 0 unspecified atom stereocenters. The van der Waals surface area contributed by atoms with Crippen LogP contribution >= 0.6 is 0 Å². The summed E-state index contributed by atoms with van der Waals surface area (Å²) in [6.45, 7) is 3.21. The molecule has 2 amide bonds. The number of non-ortho nitro benzene ring substituents is 1. The molecule has 0 aromatic heterocycles. The molecular formula is C22H24N4O6. The smallest absolute Gasteiger partial charge is 0.270 e. The van der Waals surface area contributed by atoms with E-state index in [1.165, 1.54) is 12.1 Å². The Kier molecular flexibility index (Phi) is 6.11. The molecule has 0 spiro atoms. The molecule has 0 bridgehead atoms. The Hall–Kier alpha value is -3.82. The first-order chi connectivity index (χ1) is 15.4. The first-order valence-corrected chi connectivity index (χ1v) is 10.4. The molecule has 0 saturated carbocycles. The second-order valence-electron chi connectivity index (χ2n) is 7.78. The van der Waals surface area contributed by atoms with Gasteiger partial charge in [-0.25, -0.2) is 0 Å². The highest BCUT2D eigenvalue weighted by atomic mass is 16.7. The van der Waals surface area contributed by atoms with Gasteiger partial charge in [0.1, 0.15) is 0 Å². The van der Waals surface area contributed by atoms with Crippen molar-refractivity contribution in [2.45, 2.75) is 32.4 Å². The van der Waals surface area contributed by atoms with Crippen LogP contribution in [0.4, 0.5) is 11.4 Å². The fourth-order valence-corrected chi connectivity index (χ4v) is 3.85. The van der Waals surface area contributed by atoms with Gasteiger partial charge in [0.25, 0.3) is 11.6 Å². The zero-order chi connectivity index (χ0) is 22.7. The maximum Gasteiger partial charge on any atom is 0.270 e. The lowest BCUT2D eigenvalue weighted by atomic mass is 10.0. The number of anilines is 1. The van der Waals surface area contributed by atoms with Crippen LogP contribution in [0.1, 0.15) is 35.7 Å². The van der Waals surface area contributed by atoms with Crippen molar-refractivity contribution >= 4 is 23.2 Å². The van der Waals surface area contributed by atoms with Gasteiger partial charge in [-0.2, -0.15) is 0 Å². The highest BCUT2D eigenvalue weighted by molar-refractivity contribution is 6.00. The number of nitrogens with one attached hydrogen (secondary N) is 2. The van der Waals surface area contributed by atoms with Crippen LogP contribution in [-0.4, -0.2) is 47.6 Å². The molecule has 0 aliphatic carbocycles. The van der Waals surface area contributed by atoms with Crippen molar-refractivity contribution in [3.05, 3.63) is 57.6 Å². The predicted octanol–water partition coefficient (Wildman–Crippen LogP) is 2.68. The molecule has 0 radical (unpaired) electrons. The lowest BCUT2D eigenvalue weighted by Crippen LogP contribution is -2.41. The van der Waals surface area contributed by atoms with Crippen LogP contribution in [0.5, 0.6) is 11.5 Å². The van der Waals surface area contributed by atoms with Crippen LogP contribution < -0.4 is 20.1 Å². The van der Waals surface area contributed by atoms with Crippen molar-refractivity contribution in [1.29, 1.82) is 0 Å². The zero-order valence-corrected chi connectivity index (χ0v) is 17.6. The topological polar surface area (TPSA) is 123 Å². The Bertz CT molecular complexity index is 1050. The van der Waals surface area contributed by atoms with Gasteiger partial charge in [0.05, 0.1) is 10.5 Å². The quantitative estimate of drug-likeness (QED) is 0.523. The number of piperidine rings is 1. The molecule has 1 saturated heterocycles. The van der Waals surface area contributed by atoms with Crippen molar-refractivity contribution in [2.75, 3.05) is 25.2 Å². The SMILES string of the molecule is CC(=O)N1CCC(Nc2ccc([N+](=O)[O-])cc2C(=O)NCc2ccc3c(c2)OCO3)CC1. The number of benzene rings is 2. The Balaban J connectivity index is 1.47. The van der Waals surface area contributed by atoms with E-state index in [9.17, 15) is 19.7 Å². The number of nitro benzene ring substituents is 1. The van der Waals surface area contributed by atoms with Crippen LogP contribution in [0.2, 0.25) is 0 Å². The third-order valence-corrected chi connectivity index (χ3v) is 5.65. The van der Waals surface area contributed by atoms with Gasteiger partial charge in [0, 0.05) is 50.4 Å². The molecule has 32 heavy (non-hydrogen) atoms. The summed E-state index contributed by atoms with van der Waals surface area (Å²) >= 11 is 0.